The Morgan fingerprint density at radius 1 is 1.29 bits per heavy atom. The maximum absolute atomic E-state index is 14.4. The van der Waals surface area contributed by atoms with E-state index in [1.54, 1.807) is 27.9 Å². The molecule has 0 aliphatic carbocycles. The standard InChI is InChI=1S/C21H22FN7O2/c1-2-19(30)28-8-6-27(7-9-28)17-12-24-21(29-13-25-26-20(17)29)23-11-15-14-5-10-31-18(14)4-3-16(15)22/h2-4,12-13H,1,5-11H2,(H,23,24). The minimum atomic E-state index is -0.264. The third-order valence-corrected chi connectivity index (χ3v) is 5.78. The van der Waals surface area contributed by atoms with Crippen molar-refractivity contribution in [3.05, 3.63) is 54.3 Å². The molecule has 5 rings (SSSR count). The highest BCUT2D eigenvalue weighted by atomic mass is 19.1. The maximum Gasteiger partial charge on any atom is 0.246 e. The number of nitrogens with zero attached hydrogens (tertiary/aromatic N) is 6. The summed E-state index contributed by atoms with van der Waals surface area (Å²) in [7, 11) is 0. The van der Waals surface area contributed by atoms with Gasteiger partial charge in [-0.2, -0.15) is 0 Å². The largest absolute Gasteiger partial charge is 0.493 e. The molecule has 1 amide bonds. The van der Waals surface area contributed by atoms with Gasteiger partial charge in [0.15, 0.2) is 5.65 Å². The highest BCUT2D eigenvalue weighted by molar-refractivity contribution is 5.87. The van der Waals surface area contributed by atoms with E-state index in [2.05, 4.69) is 32.0 Å². The zero-order chi connectivity index (χ0) is 21.4. The van der Waals surface area contributed by atoms with Crippen molar-refractivity contribution in [2.75, 3.05) is 43.0 Å². The lowest BCUT2D eigenvalue weighted by atomic mass is 10.0. The second-order valence-electron chi connectivity index (χ2n) is 7.46. The Kier molecular flexibility index (Phi) is 4.89. The van der Waals surface area contributed by atoms with Gasteiger partial charge in [0.1, 0.15) is 23.6 Å². The molecule has 160 valence electrons. The van der Waals surface area contributed by atoms with E-state index in [4.69, 9.17) is 4.74 Å². The summed E-state index contributed by atoms with van der Waals surface area (Å²) in [5, 5.41) is 11.5. The van der Waals surface area contributed by atoms with Crippen molar-refractivity contribution in [1.29, 1.82) is 0 Å². The smallest absolute Gasteiger partial charge is 0.246 e. The number of hydrogen-bond acceptors (Lipinski definition) is 7. The summed E-state index contributed by atoms with van der Waals surface area (Å²) >= 11 is 0. The van der Waals surface area contributed by atoms with Crippen LogP contribution in [0, 0.1) is 5.82 Å². The van der Waals surface area contributed by atoms with Crippen LogP contribution in [0.3, 0.4) is 0 Å². The van der Waals surface area contributed by atoms with Crippen LogP contribution >= 0.6 is 0 Å². The molecule has 9 nitrogen and oxygen atoms in total. The summed E-state index contributed by atoms with van der Waals surface area (Å²) in [6.45, 7) is 6.93. The third kappa shape index (κ3) is 3.43. The van der Waals surface area contributed by atoms with E-state index in [-0.39, 0.29) is 18.3 Å². The minimum absolute atomic E-state index is 0.0602. The van der Waals surface area contributed by atoms with Crippen molar-refractivity contribution in [2.45, 2.75) is 13.0 Å². The number of halogens is 1. The van der Waals surface area contributed by atoms with Gasteiger partial charge in [0.25, 0.3) is 0 Å². The number of piperazine rings is 1. The molecule has 0 spiro atoms. The van der Waals surface area contributed by atoms with Crippen LogP contribution in [0.25, 0.3) is 5.65 Å². The van der Waals surface area contributed by atoms with Gasteiger partial charge in [0, 0.05) is 50.3 Å². The number of nitrogens with one attached hydrogen (secondary N) is 1. The van der Waals surface area contributed by atoms with Crippen molar-refractivity contribution in [3.8, 4) is 5.75 Å². The summed E-state index contributed by atoms with van der Waals surface area (Å²) in [6.07, 6.45) is 5.36. The molecule has 0 radical (unpaired) electrons. The highest BCUT2D eigenvalue weighted by Crippen LogP contribution is 2.31. The Morgan fingerprint density at radius 2 is 2.13 bits per heavy atom. The molecule has 10 heteroatoms. The van der Waals surface area contributed by atoms with Gasteiger partial charge in [0.2, 0.25) is 11.9 Å². The third-order valence-electron chi connectivity index (χ3n) is 5.78. The number of carbonyl (C=O) groups excluding carboxylic acids is 1. The van der Waals surface area contributed by atoms with E-state index < -0.39 is 0 Å². The van der Waals surface area contributed by atoms with Gasteiger partial charge in [-0.15, -0.1) is 10.2 Å². The van der Waals surface area contributed by atoms with Gasteiger partial charge < -0.3 is 19.9 Å². The van der Waals surface area contributed by atoms with Gasteiger partial charge in [0.05, 0.1) is 12.8 Å². The number of aromatic nitrogens is 4. The van der Waals surface area contributed by atoms with Crippen LogP contribution in [0.2, 0.25) is 0 Å². The summed E-state index contributed by atoms with van der Waals surface area (Å²) in [4.78, 5) is 20.3. The highest BCUT2D eigenvalue weighted by Gasteiger charge is 2.23. The summed E-state index contributed by atoms with van der Waals surface area (Å²) in [5.41, 5.74) is 2.98. The van der Waals surface area contributed by atoms with Crippen LogP contribution in [0.4, 0.5) is 16.0 Å². The van der Waals surface area contributed by atoms with E-state index in [9.17, 15) is 9.18 Å². The molecule has 0 unspecified atom stereocenters. The Bertz CT molecular complexity index is 1150. The minimum Gasteiger partial charge on any atom is -0.493 e. The first kappa shape index (κ1) is 19.3. The molecule has 3 aromatic rings. The summed E-state index contributed by atoms with van der Waals surface area (Å²) < 4.78 is 21.7. The average Bonchev–Trinajstić information content (AvgIpc) is 3.48. The van der Waals surface area contributed by atoms with Crippen molar-refractivity contribution in [1.82, 2.24) is 24.5 Å². The monoisotopic (exact) mass is 423 g/mol. The van der Waals surface area contributed by atoms with E-state index in [0.29, 0.717) is 56.4 Å². The number of rotatable bonds is 5. The van der Waals surface area contributed by atoms with Gasteiger partial charge in [-0.25, -0.2) is 13.8 Å². The SMILES string of the molecule is C=CC(=O)N1CCN(c2cnc(NCc3c(F)ccc4c3CCO4)n3cnnc23)CC1. The fourth-order valence-electron chi connectivity index (χ4n) is 4.13. The zero-order valence-electron chi connectivity index (χ0n) is 16.9. The van der Waals surface area contributed by atoms with Crippen LogP contribution in [0.5, 0.6) is 5.75 Å². The quantitative estimate of drug-likeness (QED) is 0.625. The Balaban J connectivity index is 1.36. The van der Waals surface area contributed by atoms with Crippen molar-refractivity contribution < 1.29 is 13.9 Å². The predicted molar refractivity (Wildman–Crippen MR) is 113 cm³/mol. The lowest BCUT2D eigenvalue weighted by Gasteiger charge is -2.35. The first-order valence-electron chi connectivity index (χ1n) is 10.2. The molecule has 1 aromatic carbocycles. The molecule has 2 aliphatic rings. The van der Waals surface area contributed by atoms with Gasteiger partial charge in [-0.05, 0) is 18.2 Å². The van der Waals surface area contributed by atoms with Crippen LogP contribution in [0.15, 0.2) is 37.3 Å². The van der Waals surface area contributed by atoms with Crippen LogP contribution in [0.1, 0.15) is 11.1 Å². The van der Waals surface area contributed by atoms with Crippen molar-refractivity contribution >= 4 is 23.2 Å². The normalized spacial score (nSPS) is 15.6. The number of fused-ring (bicyclic) bond motifs is 2. The van der Waals surface area contributed by atoms with E-state index in [0.717, 1.165) is 17.0 Å². The van der Waals surface area contributed by atoms with E-state index >= 15 is 0 Å². The number of hydrogen-bond donors (Lipinski definition) is 1. The molecular weight excluding hydrogens is 401 g/mol. The fraction of sp³-hybridized carbons (Fsp3) is 0.333. The van der Waals surface area contributed by atoms with Crippen molar-refractivity contribution in [2.24, 2.45) is 0 Å². The first-order valence-corrected chi connectivity index (χ1v) is 10.2. The number of anilines is 2. The molecular formula is C21H22FN7O2. The number of amides is 1. The molecule has 31 heavy (non-hydrogen) atoms. The summed E-state index contributed by atoms with van der Waals surface area (Å²) in [6, 6.07) is 3.11. The zero-order valence-corrected chi connectivity index (χ0v) is 16.9. The Morgan fingerprint density at radius 3 is 2.94 bits per heavy atom. The molecule has 0 bridgehead atoms. The molecule has 1 N–H and O–H groups in total. The Labute approximate surface area is 178 Å². The van der Waals surface area contributed by atoms with Crippen LogP contribution < -0.4 is 15.0 Å². The first-order chi connectivity index (χ1) is 15.2. The number of ether oxygens (including phenoxy) is 1. The fourth-order valence-corrected chi connectivity index (χ4v) is 4.13. The van der Waals surface area contributed by atoms with E-state index in [1.807, 2.05) is 0 Å². The molecule has 1 saturated heterocycles. The average molecular weight is 423 g/mol. The summed E-state index contributed by atoms with van der Waals surface area (Å²) in [5.74, 6) is 0.945. The Hall–Kier alpha value is -3.69. The molecule has 0 atom stereocenters. The molecule has 1 fully saturated rings. The van der Waals surface area contributed by atoms with Gasteiger partial charge >= 0.3 is 0 Å². The second-order valence-corrected chi connectivity index (χ2v) is 7.46. The molecule has 2 aromatic heterocycles. The van der Waals surface area contributed by atoms with E-state index in [1.165, 1.54) is 12.1 Å². The lowest BCUT2D eigenvalue weighted by Crippen LogP contribution is -2.48. The lowest BCUT2D eigenvalue weighted by molar-refractivity contribution is -0.126. The predicted octanol–water partition coefficient (Wildman–Crippen LogP) is 1.65. The van der Waals surface area contributed by atoms with Crippen molar-refractivity contribution in [3.63, 3.8) is 0 Å². The topological polar surface area (TPSA) is 87.9 Å². The second kappa shape index (κ2) is 7.86. The molecule has 2 aliphatic heterocycles. The van der Waals surface area contributed by atoms with Gasteiger partial charge in [-0.1, -0.05) is 6.58 Å². The maximum atomic E-state index is 14.4. The van der Waals surface area contributed by atoms with Gasteiger partial charge in [-0.3, -0.25) is 4.79 Å². The number of benzene rings is 1. The number of carbonyl (C=O) groups is 1. The molecule has 4 heterocycles. The van der Waals surface area contributed by atoms with Crippen LogP contribution in [-0.2, 0) is 17.8 Å². The molecule has 0 saturated carbocycles. The van der Waals surface area contributed by atoms with Crippen LogP contribution in [-0.4, -0.2) is 63.2 Å².